The quantitative estimate of drug-likeness (QED) is 0.705. The summed E-state index contributed by atoms with van der Waals surface area (Å²) in [5.74, 6) is -0.259. The van der Waals surface area contributed by atoms with Crippen LogP contribution in [-0.2, 0) is 15.0 Å². The summed E-state index contributed by atoms with van der Waals surface area (Å²) in [6, 6.07) is 4.51. The topological polar surface area (TPSA) is 52.7 Å². The van der Waals surface area contributed by atoms with Crippen LogP contribution < -0.4 is 5.32 Å². The van der Waals surface area contributed by atoms with Gasteiger partial charge in [-0.05, 0) is 99.2 Å². The number of carbonyl (C=O) groups is 2. The van der Waals surface area contributed by atoms with E-state index in [4.69, 9.17) is 0 Å². The molecule has 0 unspecified atom stereocenters. The third-order valence-electron chi connectivity index (χ3n) is 8.14. The molecule has 2 heterocycles. The second-order valence-electron chi connectivity index (χ2n) is 11.6. The van der Waals surface area contributed by atoms with E-state index in [1.807, 2.05) is 13.0 Å². The molecule has 6 heteroatoms. The van der Waals surface area contributed by atoms with Gasteiger partial charge in [0.15, 0.2) is 0 Å². The van der Waals surface area contributed by atoms with Crippen LogP contribution >= 0.6 is 0 Å². The molecule has 0 radical (unpaired) electrons. The fraction of sp³-hybridized carbons (Fsp3) is 0.704. The minimum atomic E-state index is -0.467. The average molecular weight is 458 g/mol. The number of hydrogen-bond donors (Lipinski definition) is 1. The number of nitrogens with zero attached hydrogens (tertiary/aromatic N) is 2. The molecule has 3 aliphatic rings. The van der Waals surface area contributed by atoms with Crippen LogP contribution in [0.3, 0.4) is 0 Å². The molecule has 1 aromatic carbocycles. The van der Waals surface area contributed by atoms with Crippen molar-refractivity contribution in [1.29, 1.82) is 0 Å². The lowest BCUT2D eigenvalue weighted by molar-refractivity contribution is -0.137. The smallest absolute Gasteiger partial charge is 0.242 e. The zero-order valence-electron chi connectivity index (χ0n) is 20.8. The van der Waals surface area contributed by atoms with Gasteiger partial charge in [-0.25, -0.2) is 4.39 Å². The molecule has 2 atom stereocenters. The first-order valence-electron chi connectivity index (χ1n) is 12.7. The minimum Gasteiger partial charge on any atom is -0.348 e. The molecule has 1 aliphatic carbocycles. The van der Waals surface area contributed by atoms with E-state index in [1.165, 1.54) is 12.5 Å². The van der Waals surface area contributed by atoms with E-state index in [-0.39, 0.29) is 29.1 Å². The first-order chi connectivity index (χ1) is 15.6. The predicted octanol–water partition coefficient (Wildman–Crippen LogP) is 4.56. The van der Waals surface area contributed by atoms with Crippen LogP contribution in [0.15, 0.2) is 18.2 Å². The zero-order chi connectivity index (χ0) is 23.8. The van der Waals surface area contributed by atoms with Crippen LogP contribution in [0, 0.1) is 11.2 Å². The van der Waals surface area contributed by atoms with Crippen LogP contribution in [0.25, 0.3) is 0 Å². The molecule has 33 heavy (non-hydrogen) atoms. The van der Waals surface area contributed by atoms with E-state index in [1.54, 1.807) is 11.0 Å². The first kappa shape index (κ1) is 24.2. The molecule has 0 saturated carbocycles. The van der Waals surface area contributed by atoms with E-state index in [9.17, 15) is 14.0 Å². The van der Waals surface area contributed by atoms with Gasteiger partial charge in [-0.1, -0.05) is 26.8 Å². The molecule has 1 N–H and O–H groups in total. The van der Waals surface area contributed by atoms with Gasteiger partial charge < -0.3 is 15.1 Å². The highest BCUT2D eigenvalue weighted by Gasteiger charge is 2.43. The second-order valence-corrected chi connectivity index (χ2v) is 11.6. The summed E-state index contributed by atoms with van der Waals surface area (Å²) in [6.45, 7) is 12.5. The Balaban J connectivity index is 1.47. The monoisotopic (exact) mass is 457 g/mol. The maximum Gasteiger partial charge on any atom is 0.242 e. The lowest BCUT2D eigenvalue weighted by Gasteiger charge is -2.47. The van der Waals surface area contributed by atoms with Crippen molar-refractivity contribution >= 4 is 11.8 Å². The number of nitrogens with one attached hydrogen (secondary N) is 1. The molecule has 2 saturated heterocycles. The van der Waals surface area contributed by atoms with Crippen molar-refractivity contribution in [1.82, 2.24) is 15.1 Å². The molecule has 2 aliphatic heterocycles. The van der Waals surface area contributed by atoms with E-state index in [0.717, 1.165) is 62.9 Å². The fourth-order valence-corrected chi connectivity index (χ4v) is 5.88. The minimum absolute atomic E-state index is 0.00652. The van der Waals surface area contributed by atoms with Gasteiger partial charge in [0.2, 0.25) is 11.8 Å². The molecule has 2 fully saturated rings. The Labute approximate surface area is 198 Å². The number of hydrogen-bond acceptors (Lipinski definition) is 3. The summed E-state index contributed by atoms with van der Waals surface area (Å²) >= 11 is 0. The average Bonchev–Trinajstić information content (AvgIpc) is 3.20. The Kier molecular flexibility index (Phi) is 6.86. The zero-order valence-corrected chi connectivity index (χ0v) is 20.8. The third-order valence-corrected chi connectivity index (χ3v) is 8.14. The van der Waals surface area contributed by atoms with Gasteiger partial charge in [-0.2, -0.15) is 0 Å². The van der Waals surface area contributed by atoms with Gasteiger partial charge in [0, 0.05) is 13.0 Å². The SMILES string of the molecule is C[C@H](C(=O)N[C@H]1CCC2(CCN(CCC(C)(C)C)CC2)c2cc(F)ccc21)N1CCCC1=O. The Morgan fingerprint density at radius 2 is 1.94 bits per heavy atom. The summed E-state index contributed by atoms with van der Waals surface area (Å²) in [5, 5.41) is 3.19. The molecule has 4 rings (SSSR count). The number of fused-ring (bicyclic) bond motifs is 2. The number of benzene rings is 1. The molecular weight excluding hydrogens is 417 g/mol. The van der Waals surface area contributed by atoms with Crippen molar-refractivity contribution in [2.75, 3.05) is 26.2 Å². The number of piperidine rings is 1. The fourth-order valence-electron chi connectivity index (χ4n) is 5.88. The highest BCUT2D eigenvalue weighted by molar-refractivity contribution is 5.88. The summed E-state index contributed by atoms with van der Waals surface area (Å²) in [6.07, 6.45) is 6.40. The summed E-state index contributed by atoms with van der Waals surface area (Å²) in [4.78, 5) is 29.3. The lowest BCUT2D eigenvalue weighted by Crippen LogP contribution is -2.49. The van der Waals surface area contributed by atoms with Gasteiger partial charge in [0.25, 0.3) is 0 Å². The van der Waals surface area contributed by atoms with Crippen molar-refractivity contribution in [3.05, 3.63) is 35.1 Å². The summed E-state index contributed by atoms with van der Waals surface area (Å²) in [7, 11) is 0. The number of rotatable bonds is 5. The van der Waals surface area contributed by atoms with Gasteiger partial charge in [-0.15, -0.1) is 0 Å². The Morgan fingerprint density at radius 1 is 1.21 bits per heavy atom. The summed E-state index contributed by atoms with van der Waals surface area (Å²) in [5.41, 5.74) is 2.46. The van der Waals surface area contributed by atoms with E-state index in [2.05, 4.69) is 31.0 Å². The van der Waals surface area contributed by atoms with Crippen LogP contribution in [0.1, 0.15) is 89.8 Å². The highest BCUT2D eigenvalue weighted by atomic mass is 19.1. The molecule has 2 amide bonds. The molecule has 1 spiro atoms. The maximum absolute atomic E-state index is 14.4. The van der Waals surface area contributed by atoms with E-state index < -0.39 is 6.04 Å². The molecule has 1 aromatic rings. The Bertz CT molecular complexity index is 886. The van der Waals surface area contributed by atoms with E-state index in [0.29, 0.717) is 18.4 Å². The van der Waals surface area contributed by atoms with Gasteiger partial charge in [0.05, 0.1) is 6.04 Å². The number of carbonyl (C=O) groups excluding carboxylic acids is 2. The van der Waals surface area contributed by atoms with Gasteiger partial charge in [-0.3, -0.25) is 9.59 Å². The van der Waals surface area contributed by atoms with Crippen LogP contribution in [-0.4, -0.2) is 53.8 Å². The van der Waals surface area contributed by atoms with Crippen molar-refractivity contribution in [2.24, 2.45) is 5.41 Å². The van der Waals surface area contributed by atoms with Crippen LogP contribution in [0.5, 0.6) is 0 Å². The lowest BCUT2D eigenvalue weighted by atomic mass is 9.63. The molecular formula is C27H40FN3O2. The number of amides is 2. The van der Waals surface area contributed by atoms with Crippen molar-refractivity contribution in [3.63, 3.8) is 0 Å². The standard InChI is InChI=1S/C27H40FN3O2/c1-19(31-14-5-6-24(31)32)25(33)29-23-9-10-27(22-18-20(28)7-8-21(22)23)12-16-30(17-13-27)15-11-26(2,3)4/h7-8,18-19,23H,5-6,9-17H2,1-4H3,(H,29,33)/t19-,23+/m1/s1. The molecule has 5 nitrogen and oxygen atoms in total. The van der Waals surface area contributed by atoms with E-state index >= 15 is 0 Å². The Hall–Kier alpha value is -1.95. The Morgan fingerprint density at radius 3 is 2.58 bits per heavy atom. The second kappa shape index (κ2) is 9.36. The number of halogens is 1. The predicted molar refractivity (Wildman–Crippen MR) is 128 cm³/mol. The first-order valence-corrected chi connectivity index (χ1v) is 12.7. The molecule has 0 bridgehead atoms. The third kappa shape index (κ3) is 5.26. The van der Waals surface area contributed by atoms with Crippen molar-refractivity contribution in [2.45, 2.75) is 90.1 Å². The van der Waals surface area contributed by atoms with Gasteiger partial charge >= 0.3 is 0 Å². The van der Waals surface area contributed by atoms with Crippen LogP contribution in [0.2, 0.25) is 0 Å². The van der Waals surface area contributed by atoms with Crippen molar-refractivity contribution in [3.8, 4) is 0 Å². The number of likely N-dealkylation sites (tertiary alicyclic amines) is 2. The molecule has 182 valence electrons. The van der Waals surface area contributed by atoms with Crippen LogP contribution in [0.4, 0.5) is 4.39 Å². The largest absolute Gasteiger partial charge is 0.348 e. The maximum atomic E-state index is 14.4. The van der Waals surface area contributed by atoms with Crippen molar-refractivity contribution < 1.29 is 14.0 Å². The van der Waals surface area contributed by atoms with Gasteiger partial charge in [0.1, 0.15) is 11.9 Å². The highest BCUT2D eigenvalue weighted by Crippen LogP contribution is 2.48. The molecule has 0 aromatic heterocycles. The summed E-state index contributed by atoms with van der Waals surface area (Å²) < 4.78 is 14.4. The normalized spacial score (nSPS) is 24.1.